The van der Waals surface area contributed by atoms with Gasteiger partial charge in [-0.1, -0.05) is 204 Å². The SMILES string of the molecule is CC1(C)c2ccccc2-c2c(-c3ccccc3N(c3cccc(-c4cccc5oc6c7ccccc7ccc6c45)c3)c3ccccc3-c3cccc4c3C(C)(C)c3ccccc3-4)cccc21. The number of anilines is 3. The van der Waals surface area contributed by atoms with Gasteiger partial charge in [-0.2, -0.15) is 0 Å². The summed E-state index contributed by atoms with van der Waals surface area (Å²) in [7, 11) is 0. The molecule has 13 rings (SSSR count). The van der Waals surface area contributed by atoms with E-state index < -0.39 is 0 Å². The number of benzene rings is 10. The Morgan fingerprint density at radius 2 is 0.924 bits per heavy atom. The number of para-hydroxylation sites is 2. The molecule has 0 aliphatic heterocycles. The molecule has 1 heterocycles. The van der Waals surface area contributed by atoms with Gasteiger partial charge in [0, 0.05) is 43.8 Å². The van der Waals surface area contributed by atoms with Crippen molar-refractivity contribution in [2.24, 2.45) is 0 Å². The first-order valence-electron chi connectivity index (χ1n) is 23.2. The Hall–Kier alpha value is -7.94. The highest BCUT2D eigenvalue weighted by Crippen LogP contribution is 2.56. The molecule has 2 aliphatic carbocycles. The van der Waals surface area contributed by atoms with Gasteiger partial charge in [0.15, 0.2) is 0 Å². The van der Waals surface area contributed by atoms with E-state index in [0.717, 1.165) is 55.5 Å². The molecule has 66 heavy (non-hydrogen) atoms. The molecule has 11 aromatic rings. The lowest BCUT2D eigenvalue weighted by Gasteiger charge is -2.32. The maximum absolute atomic E-state index is 6.72. The molecular formula is C64H47NO. The largest absolute Gasteiger partial charge is 0.455 e. The predicted molar refractivity (Wildman–Crippen MR) is 277 cm³/mol. The number of furan rings is 1. The maximum Gasteiger partial charge on any atom is 0.143 e. The normalized spacial score (nSPS) is 14.0. The Balaban J connectivity index is 1.07. The number of fused-ring (bicyclic) bond motifs is 11. The van der Waals surface area contributed by atoms with Gasteiger partial charge in [0.2, 0.25) is 0 Å². The number of hydrogen-bond donors (Lipinski definition) is 0. The summed E-state index contributed by atoms with van der Waals surface area (Å²) in [5, 5.41) is 4.56. The maximum atomic E-state index is 6.72. The van der Waals surface area contributed by atoms with E-state index in [1.807, 2.05) is 0 Å². The number of rotatable bonds is 6. The van der Waals surface area contributed by atoms with Gasteiger partial charge in [0.25, 0.3) is 0 Å². The van der Waals surface area contributed by atoms with Crippen LogP contribution >= 0.6 is 0 Å². The van der Waals surface area contributed by atoms with Crippen molar-refractivity contribution in [1.29, 1.82) is 0 Å². The van der Waals surface area contributed by atoms with Crippen LogP contribution in [-0.4, -0.2) is 0 Å². The minimum atomic E-state index is -0.194. The summed E-state index contributed by atoms with van der Waals surface area (Å²) >= 11 is 0. The lowest BCUT2D eigenvalue weighted by Crippen LogP contribution is -2.17. The molecule has 314 valence electrons. The monoisotopic (exact) mass is 845 g/mol. The van der Waals surface area contributed by atoms with Gasteiger partial charge < -0.3 is 9.32 Å². The van der Waals surface area contributed by atoms with Crippen LogP contribution < -0.4 is 4.90 Å². The van der Waals surface area contributed by atoms with Crippen molar-refractivity contribution in [2.75, 3.05) is 4.90 Å². The lowest BCUT2D eigenvalue weighted by atomic mass is 9.78. The molecule has 2 aliphatic rings. The summed E-state index contributed by atoms with van der Waals surface area (Å²) in [6, 6.07) is 78.4. The standard InChI is InChI=1S/C64H47NO/c1-63(2)54-32-12-8-26-51(54)59-48(28-17-33-55(59)63)46-24-9-13-34-56(46)65(57-35-14-10-25-47(57)50-30-16-29-49-45-23-7-11-31-53(45)64(3,4)61(49)50)42-21-15-20-41(39-42)43-27-18-36-58-60(43)52-38-37-40-19-5-6-22-44(40)62(52)66-58/h5-39H,1-4H3. The molecule has 2 nitrogen and oxygen atoms in total. The second-order valence-corrected chi connectivity index (χ2v) is 19.2. The molecule has 0 saturated heterocycles. The molecular weight excluding hydrogens is 799 g/mol. The molecule has 0 bridgehead atoms. The van der Waals surface area contributed by atoms with Crippen molar-refractivity contribution >= 4 is 49.8 Å². The second kappa shape index (κ2) is 14.3. The second-order valence-electron chi connectivity index (χ2n) is 19.2. The van der Waals surface area contributed by atoms with Crippen molar-refractivity contribution < 1.29 is 4.42 Å². The lowest BCUT2D eigenvalue weighted by molar-refractivity contribution is 0.660. The van der Waals surface area contributed by atoms with Crippen LogP contribution in [-0.2, 0) is 10.8 Å². The molecule has 0 amide bonds. The zero-order valence-corrected chi connectivity index (χ0v) is 37.6. The van der Waals surface area contributed by atoms with Crippen LogP contribution in [0.5, 0.6) is 0 Å². The van der Waals surface area contributed by atoms with E-state index in [1.54, 1.807) is 0 Å². The minimum absolute atomic E-state index is 0.125. The molecule has 0 spiro atoms. The Labute approximate surface area is 386 Å². The Kier molecular flexibility index (Phi) is 8.33. The van der Waals surface area contributed by atoms with Crippen molar-refractivity contribution in [3.8, 4) is 55.6 Å². The molecule has 0 N–H and O–H groups in total. The summed E-state index contributed by atoms with van der Waals surface area (Å²) in [5.74, 6) is 0. The third kappa shape index (κ3) is 5.48. The van der Waals surface area contributed by atoms with Crippen LogP contribution in [0.2, 0.25) is 0 Å². The van der Waals surface area contributed by atoms with Crippen LogP contribution in [0.4, 0.5) is 17.1 Å². The topological polar surface area (TPSA) is 16.4 Å². The fourth-order valence-electron chi connectivity index (χ4n) is 11.9. The molecule has 0 fully saturated rings. The predicted octanol–water partition coefficient (Wildman–Crippen LogP) is 17.8. The summed E-state index contributed by atoms with van der Waals surface area (Å²) in [5.41, 5.74) is 22.7. The van der Waals surface area contributed by atoms with Gasteiger partial charge in [-0.15, -0.1) is 0 Å². The van der Waals surface area contributed by atoms with Crippen molar-refractivity contribution in [1.82, 2.24) is 0 Å². The Morgan fingerprint density at radius 1 is 0.379 bits per heavy atom. The first-order valence-corrected chi connectivity index (χ1v) is 23.2. The summed E-state index contributed by atoms with van der Waals surface area (Å²) in [4.78, 5) is 2.52. The van der Waals surface area contributed by atoms with Gasteiger partial charge in [-0.05, 0) is 109 Å². The van der Waals surface area contributed by atoms with Gasteiger partial charge in [0.05, 0.1) is 11.4 Å². The average molecular weight is 846 g/mol. The molecule has 1 aromatic heterocycles. The van der Waals surface area contributed by atoms with Crippen molar-refractivity contribution in [3.05, 3.63) is 235 Å². The fraction of sp³-hybridized carbons (Fsp3) is 0.0938. The fourth-order valence-corrected chi connectivity index (χ4v) is 11.9. The van der Waals surface area contributed by atoms with Gasteiger partial charge in [-0.25, -0.2) is 0 Å². The molecule has 0 unspecified atom stereocenters. The van der Waals surface area contributed by atoms with Gasteiger partial charge >= 0.3 is 0 Å². The quantitative estimate of drug-likeness (QED) is 0.166. The third-order valence-electron chi connectivity index (χ3n) is 14.9. The third-order valence-corrected chi connectivity index (χ3v) is 14.9. The van der Waals surface area contributed by atoms with Crippen LogP contribution in [0.1, 0.15) is 49.9 Å². The van der Waals surface area contributed by atoms with E-state index in [9.17, 15) is 0 Å². The van der Waals surface area contributed by atoms with Crippen molar-refractivity contribution in [2.45, 2.75) is 38.5 Å². The zero-order valence-electron chi connectivity index (χ0n) is 37.6. The Morgan fingerprint density at radius 3 is 1.71 bits per heavy atom. The molecule has 10 aromatic carbocycles. The van der Waals surface area contributed by atoms with Gasteiger partial charge in [-0.3, -0.25) is 0 Å². The van der Waals surface area contributed by atoms with Crippen LogP contribution in [0.3, 0.4) is 0 Å². The van der Waals surface area contributed by atoms with Crippen LogP contribution in [0, 0.1) is 0 Å². The summed E-state index contributed by atoms with van der Waals surface area (Å²) in [6.45, 7) is 9.51. The molecule has 0 radical (unpaired) electrons. The highest BCUT2D eigenvalue weighted by molar-refractivity contribution is 6.19. The first-order chi connectivity index (χ1) is 32.3. The average Bonchev–Trinajstić information content (AvgIpc) is 3.95. The first kappa shape index (κ1) is 38.5. The number of nitrogens with zero attached hydrogens (tertiary/aromatic N) is 1. The Bertz CT molecular complexity index is 3790. The van der Waals surface area contributed by atoms with E-state index in [-0.39, 0.29) is 10.8 Å². The highest BCUT2D eigenvalue weighted by atomic mass is 16.3. The van der Waals surface area contributed by atoms with E-state index in [1.165, 1.54) is 72.1 Å². The molecule has 0 atom stereocenters. The van der Waals surface area contributed by atoms with Gasteiger partial charge in [0.1, 0.15) is 11.2 Å². The molecule has 0 saturated carbocycles. The van der Waals surface area contributed by atoms with E-state index >= 15 is 0 Å². The van der Waals surface area contributed by atoms with Crippen LogP contribution in [0.15, 0.2) is 217 Å². The van der Waals surface area contributed by atoms with E-state index in [0.29, 0.717) is 0 Å². The summed E-state index contributed by atoms with van der Waals surface area (Å²) in [6.07, 6.45) is 0. The highest BCUT2D eigenvalue weighted by Gasteiger charge is 2.39. The summed E-state index contributed by atoms with van der Waals surface area (Å²) < 4.78 is 6.72. The molecule has 2 heteroatoms. The number of hydrogen-bond acceptors (Lipinski definition) is 2. The van der Waals surface area contributed by atoms with E-state index in [4.69, 9.17) is 4.42 Å². The van der Waals surface area contributed by atoms with Crippen molar-refractivity contribution in [3.63, 3.8) is 0 Å². The van der Waals surface area contributed by atoms with Crippen LogP contribution in [0.25, 0.3) is 88.3 Å². The van der Waals surface area contributed by atoms with E-state index in [2.05, 4.69) is 245 Å². The minimum Gasteiger partial charge on any atom is -0.455 e. The zero-order chi connectivity index (χ0) is 44.3. The smallest absolute Gasteiger partial charge is 0.143 e.